The Morgan fingerprint density at radius 3 is 2.37 bits per heavy atom. The number of halogens is 1. The molecule has 1 N–H and O–H groups in total. The number of hydrogen-bond acceptors (Lipinski definition) is 5. The zero-order chi connectivity index (χ0) is 24.8. The van der Waals surface area contributed by atoms with Gasteiger partial charge in [-0.3, -0.25) is 9.59 Å². The molecule has 2 aromatic carbocycles. The average molecular weight is 493 g/mol. The molecule has 0 saturated carbocycles. The van der Waals surface area contributed by atoms with Crippen molar-refractivity contribution in [3.63, 3.8) is 0 Å². The molecule has 1 fully saturated rings. The molecule has 8 heteroatoms. The highest BCUT2D eigenvalue weighted by Crippen LogP contribution is 2.25. The number of aliphatic carboxylic acids is 1. The molecule has 35 heavy (non-hydrogen) atoms. The molecule has 7 nitrogen and oxygen atoms in total. The number of piperidine rings is 1. The third kappa shape index (κ3) is 6.57. The number of nitrogens with zero attached hydrogens (tertiary/aromatic N) is 4. The van der Waals surface area contributed by atoms with Gasteiger partial charge >= 0.3 is 5.97 Å². The first-order chi connectivity index (χ1) is 16.9. The van der Waals surface area contributed by atoms with E-state index in [-0.39, 0.29) is 6.54 Å². The Kier molecular flexibility index (Phi) is 7.98. The van der Waals surface area contributed by atoms with Crippen LogP contribution in [-0.2, 0) is 17.8 Å². The summed E-state index contributed by atoms with van der Waals surface area (Å²) in [5.41, 5.74) is 3.00. The fraction of sp³-hybridized carbons (Fsp3) is 0.333. The predicted octanol–water partition coefficient (Wildman–Crippen LogP) is 4.62. The van der Waals surface area contributed by atoms with E-state index in [2.05, 4.69) is 39.1 Å². The Morgan fingerprint density at radius 1 is 1.06 bits per heavy atom. The number of hydrogen-bond donors (Lipinski definition) is 1. The van der Waals surface area contributed by atoms with E-state index >= 15 is 0 Å². The van der Waals surface area contributed by atoms with Gasteiger partial charge in [-0.1, -0.05) is 54.1 Å². The summed E-state index contributed by atoms with van der Waals surface area (Å²) in [6.07, 6.45) is 4.72. The molecule has 0 aliphatic carbocycles. The lowest BCUT2D eigenvalue weighted by molar-refractivity contribution is -0.137. The van der Waals surface area contributed by atoms with Crippen LogP contribution in [0.3, 0.4) is 0 Å². The molecular formula is C27H29ClN4O3. The Labute approximate surface area is 210 Å². The second kappa shape index (κ2) is 11.3. The molecule has 1 aliphatic heterocycles. The van der Waals surface area contributed by atoms with Gasteiger partial charge in [-0.15, -0.1) is 0 Å². The molecule has 0 unspecified atom stereocenters. The van der Waals surface area contributed by atoms with E-state index in [1.165, 1.54) is 16.7 Å². The lowest BCUT2D eigenvalue weighted by Gasteiger charge is -2.32. The molecule has 1 aliphatic rings. The number of amides is 1. The van der Waals surface area contributed by atoms with Crippen molar-refractivity contribution in [2.24, 2.45) is 5.92 Å². The lowest BCUT2D eigenvalue weighted by atomic mass is 9.90. The van der Waals surface area contributed by atoms with E-state index < -0.39 is 18.4 Å². The Balaban J connectivity index is 1.42. The molecule has 0 spiro atoms. The summed E-state index contributed by atoms with van der Waals surface area (Å²) in [5, 5.41) is 9.92. The fourth-order valence-corrected chi connectivity index (χ4v) is 4.57. The summed E-state index contributed by atoms with van der Waals surface area (Å²) in [6, 6.07) is 17.5. The minimum atomic E-state index is -1.08. The van der Waals surface area contributed by atoms with Crippen LogP contribution in [0.5, 0.6) is 0 Å². The number of benzene rings is 2. The highest BCUT2D eigenvalue weighted by Gasteiger charge is 2.25. The van der Waals surface area contributed by atoms with Crippen molar-refractivity contribution < 1.29 is 14.7 Å². The van der Waals surface area contributed by atoms with Crippen LogP contribution in [0.2, 0.25) is 5.02 Å². The molecule has 2 heterocycles. The SMILES string of the molecule is Cc1nc(N2CCC(Cc3ccccc3)CC2)ncc1C(=O)N(CC(=O)O)Cc1ccc(Cl)cc1. The monoisotopic (exact) mass is 492 g/mol. The maximum Gasteiger partial charge on any atom is 0.323 e. The zero-order valence-electron chi connectivity index (χ0n) is 19.7. The first kappa shape index (κ1) is 24.7. The summed E-state index contributed by atoms with van der Waals surface area (Å²) in [7, 11) is 0. The molecule has 3 aromatic rings. The van der Waals surface area contributed by atoms with Crippen LogP contribution in [0.25, 0.3) is 0 Å². The third-order valence-electron chi connectivity index (χ3n) is 6.36. The fourth-order valence-electron chi connectivity index (χ4n) is 4.44. The van der Waals surface area contributed by atoms with Gasteiger partial charge in [-0.2, -0.15) is 0 Å². The van der Waals surface area contributed by atoms with Gasteiger partial charge in [-0.05, 0) is 55.4 Å². The number of carbonyl (C=O) groups is 2. The summed E-state index contributed by atoms with van der Waals surface area (Å²) in [6.45, 7) is 3.23. The van der Waals surface area contributed by atoms with Gasteiger partial charge in [-0.25, -0.2) is 9.97 Å². The molecule has 0 bridgehead atoms. The van der Waals surface area contributed by atoms with Gasteiger partial charge in [0.05, 0.1) is 11.3 Å². The Morgan fingerprint density at radius 2 is 1.74 bits per heavy atom. The summed E-state index contributed by atoms with van der Waals surface area (Å²) in [4.78, 5) is 37.2. The smallest absolute Gasteiger partial charge is 0.323 e. The van der Waals surface area contributed by atoms with Crippen molar-refractivity contribution in [3.8, 4) is 0 Å². The number of rotatable bonds is 8. The van der Waals surface area contributed by atoms with Gasteiger partial charge in [0.2, 0.25) is 5.95 Å². The van der Waals surface area contributed by atoms with Crippen molar-refractivity contribution in [2.75, 3.05) is 24.5 Å². The molecule has 1 amide bonds. The standard InChI is InChI=1S/C27H29ClN4O3/c1-19-24(26(35)32(18-25(33)34)17-22-7-9-23(28)10-8-22)16-29-27(30-19)31-13-11-21(12-14-31)15-20-5-3-2-4-6-20/h2-10,16,21H,11-15,17-18H2,1H3,(H,33,34). The van der Waals surface area contributed by atoms with Crippen LogP contribution in [-0.4, -0.2) is 51.5 Å². The van der Waals surface area contributed by atoms with E-state index in [9.17, 15) is 14.7 Å². The second-order valence-electron chi connectivity index (χ2n) is 8.97. The average Bonchev–Trinajstić information content (AvgIpc) is 2.85. The number of carbonyl (C=O) groups excluding carboxylic acids is 1. The normalized spacial score (nSPS) is 14.1. The van der Waals surface area contributed by atoms with Crippen LogP contribution < -0.4 is 4.90 Å². The van der Waals surface area contributed by atoms with Gasteiger partial charge in [0.25, 0.3) is 5.91 Å². The minimum absolute atomic E-state index is 0.151. The van der Waals surface area contributed by atoms with E-state index in [0.29, 0.717) is 28.1 Å². The number of aryl methyl sites for hydroxylation is 1. The zero-order valence-corrected chi connectivity index (χ0v) is 20.5. The first-order valence-electron chi connectivity index (χ1n) is 11.8. The predicted molar refractivity (Wildman–Crippen MR) is 136 cm³/mol. The van der Waals surface area contributed by atoms with Crippen molar-refractivity contribution in [1.29, 1.82) is 0 Å². The lowest BCUT2D eigenvalue weighted by Crippen LogP contribution is -2.37. The summed E-state index contributed by atoms with van der Waals surface area (Å²) < 4.78 is 0. The topological polar surface area (TPSA) is 86.6 Å². The quantitative estimate of drug-likeness (QED) is 0.493. The van der Waals surface area contributed by atoms with Gasteiger partial charge in [0.15, 0.2) is 0 Å². The van der Waals surface area contributed by atoms with Gasteiger partial charge in [0, 0.05) is 30.9 Å². The van der Waals surface area contributed by atoms with Crippen molar-refractivity contribution in [2.45, 2.75) is 32.7 Å². The molecule has 0 radical (unpaired) electrons. The maximum absolute atomic E-state index is 13.2. The third-order valence-corrected chi connectivity index (χ3v) is 6.61. The van der Waals surface area contributed by atoms with Gasteiger partial charge < -0.3 is 14.9 Å². The summed E-state index contributed by atoms with van der Waals surface area (Å²) >= 11 is 5.94. The summed E-state index contributed by atoms with van der Waals surface area (Å²) in [5.74, 6) is -0.249. The van der Waals surface area contributed by atoms with Crippen LogP contribution in [0, 0.1) is 12.8 Å². The Hall–Kier alpha value is -3.45. The van der Waals surface area contributed by atoms with E-state index in [1.54, 1.807) is 31.2 Å². The number of anilines is 1. The van der Waals surface area contributed by atoms with E-state index in [1.807, 2.05) is 6.07 Å². The number of carboxylic acids is 1. The minimum Gasteiger partial charge on any atom is -0.480 e. The van der Waals surface area contributed by atoms with E-state index in [0.717, 1.165) is 37.9 Å². The molecule has 0 atom stereocenters. The Bertz CT molecular complexity index is 1160. The molecule has 1 aromatic heterocycles. The largest absolute Gasteiger partial charge is 0.480 e. The van der Waals surface area contributed by atoms with Crippen molar-refractivity contribution in [1.82, 2.24) is 14.9 Å². The van der Waals surface area contributed by atoms with Crippen molar-refractivity contribution >= 4 is 29.4 Å². The van der Waals surface area contributed by atoms with Crippen LogP contribution in [0.15, 0.2) is 60.8 Å². The maximum atomic E-state index is 13.2. The molecular weight excluding hydrogens is 464 g/mol. The van der Waals surface area contributed by atoms with Crippen LogP contribution in [0.1, 0.15) is 40.0 Å². The first-order valence-corrected chi connectivity index (χ1v) is 12.1. The molecule has 4 rings (SSSR count). The number of aromatic nitrogens is 2. The molecule has 182 valence electrons. The molecule has 1 saturated heterocycles. The van der Waals surface area contributed by atoms with Gasteiger partial charge in [0.1, 0.15) is 6.54 Å². The highest BCUT2D eigenvalue weighted by molar-refractivity contribution is 6.30. The highest BCUT2D eigenvalue weighted by atomic mass is 35.5. The number of carboxylic acid groups (broad SMARTS) is 1. The van der Waals surface area contributed by atoms with Crippen LogP contribution >= 0.6 is 11.6 Å². The van der Waals surface area contributed by atoms with Crippen LogP contribution in [0.4, 0.5) is 5.95 Å². The van der Waals surface area contributed by atoms with Crippen molar-refractivity contribution in [3.05, 3.63) is 88.2 Å². The second-order valence-corrected chi connectivity index (χ2v) is 9.41. The van der Waals surface area contributed by atoms with E-state index in [4.69, 9.17) is 11.6 Å².